The Morgan fingerprint density at radius 2 is 2.03 bits per heavy atom. The number of imidazole rings is 1. The molecule has 3 aromatic rings. The quantitative estimate of drug-likeness (QED) is 0.646. The average Bonchev–Trinajstić information content (AvgIpc) is 2.88. The Balaban J connectivity index is 1.32. The molecule has 0 aliphatic carbocycles. The van der Waals surface area contributed by atoms with E-state index in [0.717, 1.165) is 61.7 Å². The molecule has 3 heterocycles. The molecule has 1 aliphatic heterocycles. The first kappa shape index (κ1) is 19.9. The number of rotatable bonds is 5. The van der Waals surface area contributed by atoms with Crippen LogP contribution in [0.4, 0.5) is 0 Å². The number of nitrogens with zero attached hydrogens (tertiary/aromatic N) is 5. The smallest absolute Gasteiger partial charge is 0.223 e. The molecule has 0 atom stereocenters. The Kier molecular flexibility index (Phi) is 6.11. The van der Waals surface area contributed by atoms with E-state index in [0.29, 0.717) is 17.9 Å². The maximum Gasteiger partial charge on any atom is 0.223 e. The van der Waals surface area contributed by atoms with Crippen molar-refractivity contribution in [1.29, 1.82) is 0 Å². The van der Waals surface area contributed by atoms with Crippen LogP contribution < -0.4 is 0 Å². The van der Waals surface area contributed by atoms with Gasteiger partial charge in [-0.05, 0) is 36.8 Å². The lowest BCUT2D eigenvalue weighted by Crippen LogP contribution is -2.35. The van der Waals surface area contributed by atoms with Crippen molar-refractivity contribution in [3.8, 4) is 0 Å². The van der Waals surface area contributed by atoms with Crippen LogP contribution in [0.3, 0.4) is 0 Å². The standard InChI is InChI=1S/C22H26ClN5O/c1-26-20-7-6-17(23)15-19(20)25-21(26)8-9-22(29)28-12-4-11-27(13-14-28)16-18-5-2-3-10-24-18/h2-3,5-7,10,15H,4,8-9,11-14,16H2,1H3. The summed E-state index contributed by atoms with van der Waals surface area (Å²) in [4.78, 5) is 26.3. The largest absolute Gasteiger partial charge is 0.341 e. The van der Waals surface area contributed by atoms with Crippen LogP contribution in [0, 0.1) is 0 Å². The second kappa shape index (κ2) is 8.93. The van der Waals surface area contributed by atoms with Gasteiger partial charge in [0.1, 0.15) is 5.82 Å². The fourth-order valence-corrected chi connectivity index (χ4v) is 4.09. The summed E-state index contributed by atoms with van der Waals surface area (Å²) in [6.07, 6.45) is 3.93. The van der Waals surface area contributed by atoms with E-state index in [-0.39, 0.29) is 5.91 Å². The van der Waals surface area contributed by atoms with E-state index in [2.05, 4.69) is 25.5 Å². The molecule has 0 unspecified atom stereocenters. The van der Waals surface area contributed by atoms with Crippen molar-refractivity contribution in [1.82, 2.24) is 24.3 Å². The van der Waals surface area contributed by atoms with E-state index in [1.807, 2.05) is 48.5 Å². The predicted molar refractivity (Wildman–Crippen MR) is 115 cm³/mol. The Hall–Kier alpha value is -2.44. The minimum Gasteiger partial charge on any atom is -0.341 e. The van der Waals surface area contributed by atoms with Gasteiger partial charge in [-0.2, -0.15) is 0 Å². The van der Waals surface area contributed by atoms with Gasteiger partial charge in [-0.1, -0.05) is 17.7 Å². The van der Waals surface area contributed by atoms with Gasteiger partial charge in [-0.15, -0.1) is 0 Å². The zero-order chi connectivity index (χ0) is 20.2. The Morgan fingerprint density at radius 1 is 1.14 bits per heavy atom. The highest BCUT2D eigenvalue weighted by Gasteiger charge is 2.20. The van der Waals surface area contributed by atoms with E-state index in [1.54, 1.807) is 0 Å². The van der Waals surface area contributed by atoms with Gasteiger partial charge in [0, 0.05) is 63.8 Å². The van der Waals surface area contributed by atoms with Crippen molar-refractivity contribution in [2.24, 2.45) is 7.05 Å². The lowest BCUT2D eigenvalue weighted by atomic mass is 10.2. The Labute approximate surface area is 176 Å². The van der Waals surface area contributed by atoms with E-state index in [1.165, 1.54) is 0 Å². The molecule has 1 aromatic carbocycles. The summed E-state index contributed by atoms with van der Waals surface area (Å²) in [6, 6.07) is 11.7. The molecule has 2 aromatic heterocycles. The van der Waals surface area contributed by atoms with Crippen molar-refractivity contribution in [3.63, 3.8) is 0 Å². The van der Waals surface area contributed by atoms with Crippen LogP contribution in [0.15, 0.2) is 42.6 Å². The summed E-state index contributed by atoms with van der Waals surface area (Å²) in [5.41, 5.74) is 2.99. The highest BCUT2D eigenvalue weighted by atomic mass is 35.5. The molecular formula is C22H26ClN5O. The molecule has 0 saturated carbocycles. The van der Waals surface area contributed by atoms with Crippen LogP contribution in [0.1, 0.15) is 24.4 Å². The number of hydrogen-bond donors (Lipinski definition) is 0. The summed E-state index contributed by atoms with van der Waals surface area (Å²) in [6.45, 7) is 4.30. The van der Waals surface area contributed by atoms with Crippen molar-refractivity contribution < 1.29 is 4.79 Å². The zero-order valence-electron chi connectivity index (χ0n) is 16.7. The SMILES string of the molecule is Cn1c(CCC(=O)N2CCCN(Cc3ccccn3)CC2)nc2cc(Cl)ccc21. The van der Waals surface area contributed by atoms with Gasteiger partial charge in [0.2, 0.25) is 5.91 Å². The molecule has 29 heavy (non-hydrogen) atoms. The van der Waals surface area contributed by atoms with Crippen LogP contribution in [-0.2, 0) is 24.8 Å². The van der Waals surface area contributed by atoms with E-state index >= 15 is 0 Å². The minimum absolute atomic E-state index is 0.203. The highest BCUT2D eigenvalue weighted by molar-refractivity contribution is 6.31. The summed E-state index contributed by atoms with van der Waals surface area (Å²) in [5, 5.41) is 0.679. The number of carbonyl (C=O) groups excluding carboxylic acids is 1. The molecule has 7 heteroatoms. The van der Waals surface area contributed by atoms with E-state index in [4.69, 9.17) is 11.6 Å². The molecule has 1 saturated heterocycles. The number of hydrogen-bond acceptors (Lipinski definition) is 4. The number of fused-ring (bicyclic) bond motifs is 1. The number of amides is 1. The first-order valence-electron chi connectivity index (χ1n) is 10.1. The van der Waals surface area contributed by atoms with Crippen LogP contribution in [0.2, 0.25) is 5.02 Å². The summed E-state index contributed by atoms with van der Waals surface area (Å²) >= 11 is 6.07. The molecule has 152 valence electrons. The molecule has 0 radical (unpaired) electrons. The topological polar surface area (TPSA) is 54.3 Å². The van der Waals surface area contributed by atoms with Gasteiger partial charge in [0.05, 0.1) is 16.7 Å². The first-order valence-corrected chi connectivity index (χ1v) is 10.5. The van der Waals surface area contributed by atoms with Crippen LogP contribution in [0.25, 0.3) is 11.0 Å². The molecule has 0 spiro atoms. The van der Waals surface area contributed by atoms with Crippen molar-refractivity contribution in [2.75, 3.05) is 26.2 Å². The Morgan fingerprint density at radius 3 is 2.86 bits per heavy atom. The van der Waals surface area contributed by atoms with Gasteiger partial charge < -0.3 is 9.47 Å². The van der Waals surface area contributed by atoms with E-state index in [9.17, 15) is 4.79 Å². The van der Waals surface area contributed by atoms with Gasteiger partial charge in [0.15, 0.2) is 0 Å². The lowest BCUT2D eigenvalue weighted by molar-refractivity contribution is -0.131. The van der Waals surface area contributed by atoms with Gasteiger partial charge in [0.25, 0.3) is 0 Å². The Bertz CT molecular complexity index is 988. The molecule has 1 fully saturated rings. The van der Waals surface area contributed by atoms with Crippen LogP contribution >= 0.6 is 11.6 Å². The van der Waals surface area contributed by atoms with Gasteiger partial charge in [-0.25, -0.2) is 4.98 Å². The third-order valence-corrected chi connectivity index (χ3v) is 5.79. The van der Waals surface area contributed by atoms with Gasteiger partial charge in [-0.3, -0.25) is 14.7 Å². The molecule has 6 nitrogen and oxygen atoms in total. The van der Waals surface area contributed by atoms with E-state index < -0.39 is 0 Å². The molecule has 0 bridgehead atoms. The molecule has 0 N–H and O–H groups in total. The summed E-state index contributed by atoms with van der Waals surface area (Å²) < 4.78 is 2.05. The van der Waals surface area contributed by atoms with Gasteiger partial charge >= 0.3 is 0 Å². The number of pyridine rings is 1. The van der Waals surface area contributed by atoms with Crippen molar-refractivity contribution in [2.45, 2.75) is 25.8 Å². The lowest BCUT2D eigenvalue weighted by Gasteiger charge is -2.22. The predicted octanol–water partition coefficient (Wildman–Crippen LogP) is 3.29. The maximum absolute atomic E-state index is 12.8. The van der Waals surface area contributed by atoms with Crippen molar-refractivity contribution in [3.05, 3.63) is 59.1 Å². The minimum atomic E-state index is 0.203. The van der Waals surface area contributed by atoms with Crippen LogP contribution in [0.5, 0.6) is 0 Å². The fraction of sp³-hybridized carbons (Fsp3) is 0.409. The number of benzene rings is 1. The molecule has 1 amide bonds. The molecule has 1 aliphatic rings. The monoisotopic (exact) mass is 411 g/mol. The molecule has 4 rings (SSSR count). The normalized spacial score (nSPS) is 15.6. The zero-order valence-corrected chi connectivity index (χ0v) is 17.5. The average molecular weight is 412 g/mol. The third-order valence-electron chi connectivity index (χ3n) is 5.55. The second-order valence-corrected chi connectivity index (χ2v) is 7.99. The highest BCUT2D eigenvalue weighted by Crippen LogP contribution is 2.20. The third kappa shape index (κ3) is 4.77. The summed E-state index contributed by atoms with van der Waals surface area (Å²) in [5.74, 6) is 1.12. The summed E-state index contributed by atoms with van der Waals surface area (Å²) in [7, 11) is 1.99. The van der Waals surface area contributed by atoms with Crippen LogP contribution in [-0.4, -0.2) is 56.4 Å². The fourth-order valence-electron chi connectivity index (χ4n) is 3.92. The number of carbonyl (C=O) groups is 1. The number of aryl methyl sites for hydroxylation is 2. The number of halogens is 1. The number of aromatic nitrogens is 3. The molecular weight excluding hydrogens is 386 g/mol. The maximum atomic E-state index is 12.8. The van der Waals surface area contributed by atoms with Crippen molar-refractivity contribution >= 4 is 28.5 Å². The second-order valence-electron chi connectivity index (χ2n) is 7.55. The first-order chi connectivity index (χ1) is 14.1.